The van der Waals surface area contributed by atoms with Crippen molar-refractivity contribution in [3.8, 4) is 0 Å². The molecule has 1 aliphatic carbocycles. The number of hydrogen-bond donors (Lipinski definition) is 2. The van der Waals surface area contributed by atoms with E-state index in [1.165, 1.54) is 30.8 Å². The van der Waals surface area contributed by atoms with Crippen LogP contribution in [0.2, 0.25) is 0 Å². The lowest BCUT2D eigenvalue weighted by Gasteiger charge is -2.16. The van der Waals surface area contributed by atoms with Gasteiger partial charge in [0.1, 0.15) is 0 Å². The van der Waals surface area contributed by atoms with Crippen LogP contribution in [0.3, 0.4) is 0 Å². The minimum atomic E-state index is -4.46. The molecule has 1 aromatic heterocycles. The number of guanidine groups is 1. The Bertz CT molecular complexity index is 521. The highest BCUT2D eigenvalue weighted by Gasteiger charge is 2.36. The number of aryl methyl sites for hydroxylation is 1. The van der Waals surface area contributed by atoms with Gasteiger partial charge in [-0.05, 0) is 19.8 Å². The Morgan fingerprint density at radius 2 is 2.04 bits per heavy atom. The second kappa shape index (κ2) is 8.74. The Morgan fingerprint density at radius 1 is 1.39 bits per heavy atom. The Labute approximate surface area is 151 Å². The molecule has 0 saturated heterocycles. The third-order valence-electron chi connectivity index (χ3n) is 3.62. The number of nitrogens with zero attached hydrogens (tertiary/aromatic N) is 3. The first-order valence-electron chi connectivity index (χ1n) is 7.54. The number of rotatable bonds is 4. The molecule has 0 aromatic carbocycles. The van der Waals surface area contributed by atoms with E-state index < -0.39 is 11.9 Å². The van der Waals surface area contributed by atoms with Gasteiger partial charge in [0.25, 0.3) is 0 Å². The van der Waals surface area contributed by atoms with E-state index in [4.69, 9.17) is 0 Å². The van der Waals surface area contributed by atoms with Crippen LogP contribution in [0.15, 0.2) is 11.2 Å². The lowest BCUT2D eigenvalue weighted by molar-refractivity contribution is -0.142. The lowest BCUT2D eigenvalue weighted by atomic mass is 10.2. The van der Waals surface area contributed by atoms with Gasteiger partial charge in [0.05, 0.1) is 6.54 Å². The van der Waals surface area contributed by atoms with Gasteiger partial charge >= 0.3 is 6.18 Å². The van der Waals surface area contributed by atoms with E-state index in [1.807, 2.05) is 6.92 Å². The van der Waals surface area contributed by atoms with Crippen molar-refractivity contribution in [2.24, 2.45) is 12.0 Å². The van der Waals surface area contributed by atoms with E-state index >= 15 is 0 Å². The largest absolute Gasteiger partial charge is 0.435 e. The van der Waals surface area contributed by atoms with Crippen molar-refractivity contribution in [1.29, 1.82) is 0 Å². The zero-order valence-corrected chi connectivity index (χ0v) is 15.6. The van der Waals surface area contributed by atoms with E-state index in [-0.39, 0.29) is 36.1 Å². The van der Waals surface area contributed by atoms with Crippen molar-refractivity contribution in [1.82, 2.24) is 20.4 Å². The van der Waals surface area contributed by atoms with Crippen molar-refractivity contribution >= 4 is 29.9 Å². The summed E-state index contributed by atoms with van der Waals surface area (Å²) < 4.78 is 39.9. The fourth-order valence-electron chi connectivity index (χ4n) is 2.64. The number of alkyl halides is 3. The quantitative estimate of drug-likeness (QED) is 0.426. The summed E-state index contributed by atoms with van der Waals surface area (Å²) in [5, 5.41) is 9.85. The third kappa shape index (κ3) is 5.85. The fraction of sp³-hybridized carbons (Fsp3) is 0.714. The molecule has 23 heavy (non-hydrogen) atoms. The first kappa shape index (κ1) is 20.0. The molecule has 5 nitrogen and oxygen atoms in total. The van der Waals surface area contributed by atoms with E-state index in [0.717, 1.165) is 12.8 Å². The van der Waals surface area contributed by atoms with Crippen LogP contribution in [-0.2, 0) is 19.8 Å². The lowest BCUT2D eigenvalue weighted by Crippen LogP contribution is -2.42. The molecule has 132 valence electrons. The van der Waals surface area contributed by atoms with Crippen LogP contribution >= 0.6 is 24.0 Å². The summed E-state index contributed by atoms with van der Waals surface area (Å²) in [6.45, 7) is 2.54. The molecule has 9 heteroatoms. The monoisotopic (exact) mass is 445 g/mol. The van der Waals surface area contributed by atoms with Crippen LogP contribution < -0.4 is 10.6 Å². The van der Waals surface area contributed by atoms with E-state index in [1.54, 1.807) is 0 Å². The third-order valence-corrected chi connectivity index (χ3v) is 3.62. The normalized spacial score (nSPS) is 16.3. The van der Waals surface area contributed by atoms with Crippen LogP contribution in [0.1, 0.15) is 43.9 Å². The number of halogens is 4. The summed E-state index contributed by atoms with van der Waals surface area (Å²) in [6, 6.07) is 0.355. The standard InChI is InChI=1S/C14H22F3N5.HI/c1-3-18-13(20-11-6-4-5-7-11)19-8-10-9-22(2)21-12(10)14(15,16)17;/h9,11H,3-8H2,1-2H3,(H2,18,19,20);1H. The summed E-state index contributed by atoms with van der Waals surface area (Å²) in [4.78, 5) is 4.28. The fourth-order valence-corrected chi connectivity index (χ4v) is 2.64. The topological polar surface area (TPSA) is 54.2 Å². The zero-order chi connectivity index (χ0) is 16.2. The van der Waals surface area contributed by atoms with Gasteiger partial charge in [-0.1, -0.05) is 12.8 Å². The average Bonchev–Trinajstić information content (AvgIpc) is 3.05. The predicted molar refractivity (Wildman–Crippen MR) is 93.8 cm³/mol. The maximum Gasteiger partial charge on any atom is 0.435 e. The molecule has 1 aliphatic rings. The second-order valence-electron chi connectivity index (χ2n) is 5.50. The van der Waals surface area contributed by atoms with Crippen molar-refractivity contribution < 1.29 is 13.2 Å². The molecule has 1 aromatic rings. The molecular formula is C14H23F3IN5. The molecule has 1 fully saturated rings. The molecule has 0 amide bonds. The zero-order valence-electron chi connectivity index (χ0n) is 13.3. The molecule has 1 heterocycles. The van der Waals surface area contributed by atoms with Crippen LogP contribution in [0, 0.1) is 0 Å². The van der Waals surface area contributed by atoms with Crippen LogP contribution in [0.4, 0.5) is 13.2 Å². The maximum atomic E-state index is 12.9. The Kier molecular flexibility index (Phi) is 7.62. The predicted octanol–water partition coefficient (Wildman–Crippen LogP) is 3.05. The summed E-state index contributed by atoms with van der Waals surface area (Å²) in [6.07, 6.45) is 1.42. The Hall–Kier alpha value is -1.00. The van der Waals surface area contributed by atoms with Gasteiger partial charge in [0.2, 0.25) is 0 Å². The SMILES string of the molecule is CCNC(=NCc1cn(C)nc1C(F)(F)F)NC1CCCC1.I. The summed E-state index contributed by atoms with van der Waals surface area (Å²) in [5.74, 6) is 0.561. The van der Waals surface area contributed by atoms with Gasteiger partial charge in [0, 0.05) is 31.4 Å². The molecule has 0 unspecified atom stereocenters. The second-order valence-corrected chi connectivity index (χ2v) is 5.50. The molecular weight excluding hydrogens is 422 g/mol. The number of aliphatic imine (C=N–C) groups is 1. The van der Waals surface area contributed by atoms with E-state index in [9.17, 15) is 13.2 Å². The highest BCUT2D eigenvalue weighted by atomic mass is 127. The van der Waals surface area contributed by atoms with Crippen molar-refractivity contribution in [2.45, 2.75) is 51.4 Å². The molecule has 0 bridgehead atoms. The van der Waals surface area contributed by atoms with Gasteiger partial charge in [-0.2, -0.15) is 18.3 Å². The van der Waals surface area contributed by atoms with Crippen molar-refractivity contribution in [3.05, 3.63) is 17.5 Å². The minimum absolute atomic E-state index is 0. The first-order chi connectivity index (χ1) is 10.4. The van der Waals surface area contributed by atoms with Crippen LogP contribution in [0.5, 0.6) is 0 Å². The molecule has 1 saturated carbocycles. The molecule has 2 N–H and O–H groups in total. The minimum Gasteiger partial charge on any atom is -0.357 e. The van der Waals surface area contributed by atoms with Gasteiger partial charge < -0.3 is 10.6 Å². The number of aromatic nitrogens is 2. The van der Waals surface area contributed by atoms with Crippen molar-refractivity contribution in [2.75, 3.05) is 6.54 Å². The summed E-state index contributed by atoms with van der Waals surface area (Å²) in [7, 11) is 1.48. The molecule has 0 atom stereocenters. The Morgan fingerprint density at radius 3 is 2.61 bits per heavy atom. The van der Waals surface area contributed by atoms with Crippen LogP contribution in [0.25, 0.3) is 0 Å². The van der Waals surface area contributed by atoms with Gasteiger partial charge in [-0.3, -0.25) is 4.68 Å². The molecule has 0 radical (unpaired) electrons. The highest BCUT2D eigenvalue weighted by Crippen LogP contribution is 2.30. The molecule has 0 aliphatic heterocycles. The van der Waals surface area contributed by atoms with Crippen LogP contribution in [-0.4, -0.2) is 28.3 Å². The number of hydrogen-bond acceptors (Lipinski definition) is 2. The summed E-state index contributed by atoms with van der Waals surface area (Å²) in [5.41, 5.74) is -0.783. The summed E-state index contributed by atoms with van der Waals surface area (Å²) >= 11 is 0. The van der Waals surface area contributed by atoms with Gasteiger partial charge in [-0.25, -0.2) is 4.99 Å². The first-order valence-corrected chi connectivity index (χ1v) is 7.54. The average molecular weight is 445 g/mol. The smallest absolute Gasteiger partial charge is 0.357 e. The van der Waals surface area contributed by atoms with Gasteiger partial charge in [0.15, 0.2) is 11.7 Å². The highest BCUT2D eigenvalue weighted by molar-refractivity contribution is 14.0. The van der Waals surface area contributed by atoms with E-state index in [0.29, 0.717) is 18.5 Å². The number of nitrogens with one attached hydrogen (secondary N) is 2. The maximum absolute atomic E-state index is 12.9. The van der Waals surface area contributed by atoms with Gasteiger partial charge in [-0.15, -0.1) is 24.0 Å². The van der Waals surface area contributed by atoms with Crippen molar-refractivity contribution in [3.63, 3.8) is 0 Å². The van der Waals surface area contributed by atoms with E-state index in [2.05, 4.69) is 20.7 Å². The molecule has 2 rings (SSSR count). The molecule has 0 spiro atoms. The Balaban J connectivity index is 0.00000264.